The van der Waals surface area contributed by atoms with Crippen molar-refractivity contribution in [3.8, 4) is 28.5 Å². The second kappa shape index (κ2) is 8.68. The molecule has 2 aromatic carbocycles. The van der Waals surface area contributed by atoms with Gasteiger partial charge >= 0.3 is 0 Å². The van der Waals surface area contributed by atoms with Gasteiger partial charge in [-0.25, -0.2) is 22.5 Å². The van der Waals surface area contributed by atoms with Crippen LogP contribution in [0.1, 0.15) is 10.4 Å². The van der Waals surface area contributed by atoms with Crippen LogP contribution in [0.4, 0.5) is 4.39 Å². The molecule has 0 fully saturated rings. The summed E-state index contributed by atoms with van der Waals surface area (Å²) in [4.78, 5) is 16.4. The lowest BCUT2D eigenvalue weighted by Crippen LogP contribution is -2.29. The summed E-state index contributed by atoms with van der Waals surface area (Å²) < 4.78 is 49.9. The van der Waals surface area contributed by atoms with Crippen molar-refractivity contribution < 1.29 is 27.1 Å². The number of halogens is 2. The van der Waals surface area contributed by atoms with E-state index in [1.165, 1.54) is 43.6 Å². The van der Waals surface area contributed by atoms with E-state index < -0.39 is 21.7 Å². The molecule has 1 amide bonds. The van der Waals surface area contributed by atoms with Gasteiger partial charge in [0, 0.05) is 27.9 Å². The van der Waals surface area contributed by atoms with E-state index >= 15 is 0 Å². The number of nitrogens with zero attached hydrogens (tertiary/aromatic N) is 1. The normalized spacial score (nSPS) is 11.1. The number of methoxy groups -OCH3 is 1. The Morgan fingerprint density at radius 1 is 1.10 bits per heavy atom. The molecule has 0 aliphatic carbocycles. The highest BCUT2D eigenvalue weighted by molar-refractivity contribution is 7.89. The van der Waals surface area contributed by atoms with E-state index in [0.29, 0.717) is 11.1 Å². The number of sulfonamides is 1. The van der Waals surface area contributed by atoms with Crippen LogP contribution < -0.4 is 14.2 Å². The highest BCUT2D eigenvalue weighted by Crippen LogP contribution is 2.38. The van der Waals surface area contributed by atoms with Crippen LogP contribution in [0.15, 0.2) is 54.7 Å². The first kappa shape index (κ1) is 21.5. The van der Waals surface area contributed by atoms with Gasteiger partial charge in [-0.3, -0.25) is 4.79 Å². The predicted octanol–water partition coefficient (Wildman–Crippen LogP) is 4.03. The summed E-state index contributed by atoms with van der Waals surface area (Å²) in [6.45, 7) is 0. The first-order chi connectivity index (χ1) is 14.2. The van der Waals surface area contributed by atoms with Gasteiger partial charge in [-0.15, -0.1) is 0 Å². The Labute approximate surface area is 177 Å². The highest BCUT2D eigenvalue weighted by atomic mass is 35.5. The fraction of sp³-hybridized carbons (Fsp3) is 0.100. The predicted molar refractivity (Wildman–Crippen MR) is 110 cm³/mol. The fourth-order valence-electron chi connectivity index (χ4n) is 2.63. The van der Waals surface area contributed by atoms with Crippen LogP contribution in [0.2, 0.25) is 5.02 Å². The Morgan fingerprint density at radius 3 is 2.50 bits per heavy atom. The molecule has 0 saturated heterocycles. The second-order valence-electron chi connectivity index (χ2n) is 6.15. The van der Waals surface area contributed by atoms with Crippen molar-refractivity contribution in [2.75, 3.05) is 13.4 Å². The maximum Gasteiger partial charge on any atom is 0.264 e. The Morgan fingerprint density at radius 2 is 1.83 bits per heavy atom. The smallest absolute Gasteiger partial charge is 0.264 e. The van der Waals surface area contributed by atoms with Crippen LogP contribution in [0.25, 0.3) is 11.1 Å². The molecule has 0 atom stereocenters. The summed E-state index contributed by atoms with van der Waals surface area (Å²) in [6.07, 6.45) is 2.39. The Hall–Kier alpha value is -3.17. The lowest BCUT2D eigenvalue weighted by molar-refractivity contribution is 0.0981. The summed E-state index contributed by atoms with van der Waals surface area (Å²) in [5.41, 5.74) is 0.846. The zero-order chi connectivity index (χ0) is 21.9. The highest BCUT2D eigenvalue weighted by Gasteiger charge is 2.19. The van der Waals surface area contributed by atoms with E-state index in [1.54, 1.807) is 12.1 Å². The molecule has 156 valence electrons. The number of ether oxygens (including phenoxy) is 2. The molecule has 0 aliphatic heterocycles. The maximum absolute atomic E-state index is 14.2. The summed E-state index contributed by atoms with van der Waals surface area (Å²) in [6, 6.07) is 11.4. The lowest BCUT2D eigenvalue weighted by Gasteiger charge is -2.15. The molecule has 1 aromatic heterocycles. The topological polar surface area (TPSA) is 94.6 Å². The summed E-state index contributed by atoms with van der Waals surface area (Å²) >= 11 is 5.78. The number of pyridine rings is 1. The summed E-state index contributed by atoms with van der Waals surface area (Å²) in [7, 11) is -2.34. The van der Waals surface area contributed by atoms with Crippen molar-refractivity contribution in [1.29, 1.82) is 0 Å². The van der Waals surface area contributed by atoms with Crippen molar-refractivity contribution in [2.24, 2.45) is 0 Å². The van der Waals surface area contributed by atoms with E-state index in [2.05, 4.69) is 4.98 Å². The summed E-state index contributed by atoms with van der Waals surface area (Å²) in [5, 5.41) is 0.210. The first-order valence-electron chi connectivity index (χ1n) is 8.46. The van der Waals surface area contributed by atoms with Gasteiger partial charge < -0.3 is 9.47 Å². The molecule has 0 aliphatic rings. The van der Waals surface area contributed by atoms with Crippen LogP contribution in [0.3, 0.4) is 0 Å². The third kappa shape index (κ3) is 5.05. The molecule has 1 N–H and O–H groups in total. The van der Waals surface area contributed by atoms with Crippen molar-refractivity contribution in [1.82, 2.24) is 9.71 Å². The lowest BCUT2D eigenvalue weighted by atomic mass is 10.0. The Bertz CT molecular complexity index is 1220. The van der Waals surface area contributed by atoms with Gasteiger partial charge in [0.05, 0.1) is 13.4 Å². The number of benzene rings is 2. The molecular formula is C20H16ClFN2O5S. The number of hydrogen-bond donors (Lipinski definition) is 1. The SMILES string of the molecule is COc1ncccc1-c1cc(C(=O)NS(C)(=O)=O)ccc1Oc1ccc(Cl)cc1F. The van der Waals surface area contributed by atoms with Crippen LogP contribution in [0.5, 0.6) is 17.4 Å². The minimum absolute atomic E-state index is 0.0465. The number of carbonyl (C=O) groups excluding carboxylic acids is 1. The number of carbonyl (C=O) groups is 1. The van der Waals surface area contributed by atoms with Crippen molar-refractivity contribution >= 4 is 27.5 Å². The minimum Gasteiger partial charge on any atom is -0.481 e. The van der Waals surface area contributed by atoms with Gasteiger partial charge in [-0.1, -0.05) is 11.6 Å². The molecule has 3 rings (SSSR count). The average molecular weight is 451 g/mol. The minimum atomic E-state index is -3.76. The summed E-state index contributed by atoms with van der Waals surface area (Å²) in [5.74, 6) is -1.16. The van der Waals surface area contributed by atoms with Crippen LogP contribution in [-0.2, 0) is 10.0 Å². The second-order valence-corrected chi connectivity index (χ2v) is 8.34. The van der Waals surface area contributed by atoms with E-state index in [4.69, 9.17) is 21.1 Å². The molecule has 3 aromatic rings. The van der Waals surface area contributed by atoms with Crippen molar-refractivity contribution in [3.63, 3.8) is 0 Å². The van der Waals surface area contributed by atoms with Gasteiger partial charge in [0.1, 0.15) is 5.75 Å². The third-order valence-corrected chi connectivity index (χ3v) is 4.68. The number of rotatable bonds is 6. The first-order valence-corrected chi connectivity index (χ1v) is 10.7. The van der Waals surface area contributed by atoms with E-state index in [-0.39, 0.29) is 28.0 Å². The quantitative estimate of drug-likeness (QED) is 0.609. The van der Waals surface area contributed by atoms with E-state index in [9.17, 15) is 17.6 Å². The van der Waals surface area contributed by atoms with Gasteiger partial charge in [-0.05, 0) is 48.5 Å². The standard InChI is InChI=1S/C20H16ClFN2O5S/c1-28-20-14(4-3-9-23-20)15-10-12(19(25)24-30(2,26)27)5-7-17(15)29-18-8-6-13(21)11-16(18)22/h3-11H,1-2H3,(H,24,25). The monoisotopic (exact) mass is 450 g/mol. The van der Waals surface area contributed by atoms with Crippen LogP contribution in [0, 0.1) is 5.82 Å². The molecule has 0 bridgehead atoms. The van der Waals surface area contributed by atoms with Gasteiger partial charge in [0.2, 0.25) is 15.9 Å². The van der Waals surface area contributed by atoms with Crippen LogP contribution in [-0.4, -0.2) is 32.7 Å². The fourth-order valence-corrected chi connectivity index (χ4v) is 3.25. The number of hydrogen-bond acceptors (Lipinski definition) is 6. The molecule has 30 heavy (non-hydrogen) atoms. The third-order valence-electron chi connectivity index (χ3n) is 3.89. The van der Waals surface area contributed by atoms with E-state index in [1.807, 2.05) is 4.72 Å². The van der Waals surface area contributed by atoms with Crippen molar-refractivity contribution in [2.45, 2.75) is 0 Å². The van der Waals surface area contributed by atoms with Crippen LogP contribution >= 0.6 is 11.6 Å². The van der Waals surface area contributed by atoms with E-state index in [0.717, 1.165) is 12.3 Å². The molecule has 0 spiro atoms. The average Bonchev–Trinajstić information content (AvgIpc) is 2.69. The number of aromatic nitrogens is 1. The largest absolute Gasteiger partial charge is 0.481 e. The zero-order valence-corrected chi connectivity index (χ0v) is 17.4. The molecular weight excluding hydrogens is 435 g/mol. The molecule has 1 heterocycles. The number of nitrogens with one attached hydrogen (secondary N) is 1. The number of amides is 1. The Kier molecular flexibility index (Phi) is 6.23. The molecule has 10 heteroatoms. The zero-order valence-electron chi connectivity index (χ0n) is 15.8. The Balaban J connectivity index is 2.13. The van der Waals surface area contributed by atoms with Gasteiger partial charge in [0.25, 0.3) is 5.91 Å². The molecule has 0 radical (unpaired) electrons. The molecule has 0 saturated carbocycles. The maximum atomic E-state index is 14.2. The van der Waals surface area contributed by atoms with Gasteiger partial charge in [-0.2, -0.15) is 0 Å². The van der Waals surface area contributed by atoms with Gasteiger partial charge in [0.15, 0.2) is 11.6 Å². The molecule has 0 unspecified atom stereocenters. The molecule has 7 nitrogen and oxygen atoms in total. The van der Waals surface area contributed by atoms with Crippen molar-refractivity contribution in [3.05, 3.63) is 71.1 Å².